The number of anilines is 2. The molecule has 2 heterocycles. The van der Waals surface area contributed by atoms with E-state index >= 15 is 0 Å². The zero-order valence-corrected chi connectivity index (χ0v) is 13.2. The van der Waals surface area contributed by atoms with E-state index in [4.69, 9.17) is 5.73 Å². The molecule has 3 rings (SSSR count). The van der Waals surface area contributed by atoms with E-state index in [1.807, 2.05) is 19.1 Å². The maximum atomic E-state index is 12.4. The molecular formula is C16H19N5O2. The summed E-state index contributed by atoms with van der Waals surface area (Å²) in [6, 6.07) is 6.80. The number of hydrogen-bond donors (Lipinski definition) is 2. The van der Waals surface area contributed by atoms with Crippen molar-refractivity contribution in [1.29, 1.82) is 0 Å². The van der Waals surface area contributed by atoms with Crippen LogP contribution in [0.25, 0.3) is 0 Å². The Labute approximate surface area is 134 Å². The van der Waals surface area contributed by atoms with Crippen LogP contribution in [0.5, 0.6) is 0 Å². The molecule has 2 aromatic rings. The fourth-order valence-corrected chi connectivity index (χ4v) is 2.82. The minimum atomic E-state index is -0.456. The normalized spacial score (nSPS) is 13.0. The predicted molar refractivity (Wildman–Crippen MR) is 87.6 cm³/mol. The van der Waals surface area contributed by atoms with Crippen molar-refractivity contribution >= 4 is 23.3 Å². The summed E-state index contributed by atoms with van der Waals surface area (Å²) in [5.41, 5.74) is 9.24. The number of carbonyl (C=O) groups excluding carboxylic acids is 2. The van der Waals surface area contributed by atoms with E-state index in [-0.39, 0.29) is 5.91 Å². The Morgan fingerprint density at radius 1 is 1.35 bits per heavy atom. The number of rotatable bonds is 3. The molecule has 1 aliphatic heterocycles. The third-order valence-electron chi connectivity index (χ3n) is 4.02. The minimum Gasteiger partial charge on any atom is -0.351 e. The van der Waals surface area contributed by atoms with Crippen LogP contribution in [-0.2, 0) is 19.9 Å². The molecule has 120 valence electrons. The molecule has 1 aliphatic rings. The Morgan fingerprint density at radius 3 is 2.78 bits per heavy atom. The van der Waals surface area contributed by atoms with Crippen LogP contribution in [0, 0.1) is 0 Å². The van der Waals surface area contributed by atoms with Gasteiger partial charge in [0.25, 0.3) is 5.91 Å². The number of urea groups is 1. The number of amides is 3. The van der Waals surface area contributed by atoms with Crippen molar-refractivity contribution in [3.8, 4) is 0 Å². The van der Waals surface area contributed by atoms with E-state index in [1.165, 1.54) is 4.90 Å². The van der Waals surface area contributed by atoms with Gasteiger partial charge in [-0.1, -0.05) is 6.92 Å². The summed E-state index contributed by atoms with van der Waals surface area (Å²) in [6.07, 6.45) is 1.51. The zero-order valence-electron chi connectivity index (χ0n) is 13.2. The molecule has 23 heavy (non-hydrogen) atoms. The van der Waals surface area contributed by atoms with Crippen LogP contribution in [0.2, 0.25) is 0 Å². The first kappa shape index (κ1) is 15.1. The number of hydrogen-bond acceptors (Lipinski definition) is 3. The van der Waals surface area contributed by atoms with Crippen LogP contribution in [-0.4, -0.2) is 28.3 Å². The summed E-state index contributed by atoms with van der Waals surface area (Å²) in [5, 5.41) is 7.15. The lowest BCUT2D eigenvalue weighted by Crippen LogP contribution is -2.33. The van der Waals surface area contributed by atoms with Gasteiger partial charge in [-0.2, -0.15) is 5.10 Å². The lowest BCUT2D eigenvalue weighted by molar-refractivity contribution is 0.101. The molecule has 0 spiro atoms. The number of fused-ring (bicyclic) bond motifs is 1. The molecule has 1 aromatic heterocycles. The Balaban J connectivity index is 1.80. The van der Waals surface area contributed by atoms with Crippen molar-refractivity contribution in [1.82, 2.24) is 9.78 Å². The smallest absolute Gasteiger partial charge is 0.319 e. The summed E-state index contributed by atoms with van der Waals surface area (Å²) < 4.78 is 1.58. The first-order valence-electron chi connectivity index (χ1n) is 7.53. The van der Waals surface area contributed by atoms with Crippen molar-refractivity contribution in [2.75, 3.05) is 16.8 Å². The molecule has 0 saturated heterocycles. The van der Waals surface area contributed by atoms with Crippen molar-refractivity contribution in [2.24, 2.45) is 12.8 Å². The van der Waals surface area contributed by atoms with Gasteiger partial charge in [-0.05, 0) is 42.7 Å². The average Bonchev–Trinajstić information content (AvgIpc) is 3.10. The Kier molecular flexibility index (Phi) is 3.77. The van der Waals surface area contributed by atoms with Crippen LogP contribution in [0.15, 0.2) is 24.3 Å². The largest absolute Gasteiger partial charge is 0.351 e. The fraction of sp³-hybridized carbons (Fsp3) is 0.312. The Hall–Kier alpha value is -2.83. The van der Waals surface area contributed by atoms with Crippen LogP contribution >= 0.6 is 0 Å². The molecule has 0 fully saturated rings. The molecule has 0 saturated carbocycles. The molecule has 0 aliphatic carbocycles. The molecule has 3 amide bonds. The molecule has 0 radical (unpaired) electrons. The van der Waals surface area contributed by atoms with Gasteiger partial charge in [0, 0.05) is 25.0 Å². The monoisotopic (exact) mass is 313 g/mol. The van der Waals surface area contributed by atoms with Crippen LogP contribution in [0.1, 0.15) is 28.7 Å². The zero-order chi connectivity index (χ0) is 16.6. The second-order valence-electron chi connectivity index (χ2n) is 5.54. The van der Waals surface area contributed by atoms with Gasteiger partial charge < -0.3 is 11.1 Å². The standard InChI is InChI=1S/C16H19N5O2/c1-3-11-9-14(20(2)19-11)15(22)18-12-4-5-13-10(8-12)6-7-21(13)16(17)23/h4-5,8-9H,3,6-7H2,1-2H3,(H2,17,23)(H,18,22). The van der Waals surface area contributed by atoms with Crippen LogP contribution in [0.4, 0.5) is 16.2 Å². The maximum Gasteiger partial charge on any atom is 0.319 e. The number of primary amides is 1. The predicted octanol–water partition coefficient (Wildman–Crippen LogP) is 1.68. The quantitative estimate of drug-likeness (QED) is 0.902. The lowest BCUT2D eigenvalue weighted by atomic mass is 10.1. The first-order chi connectivity index (χ1) is 11.0. The van der Waals surface area contributed by atoms with Crippen molar-refractivity contribution in [2.45, 2.75) is 19.8 Å². The number of aromatic nitrogens is 2. The number of nitrogens with one attached hydrogen (secondary N) is 1. The summed E-state index contributed by atoms with van der Waals surface area (Å²) >= 11 is 0. The molecule has 0 unspecified atom stereocenters. The van der Waals surface area contributed by atoms with E-state index in [2.05, 4.69) is 10.4 Å². The highest BCUT2D eigenvalue weighted by Gasteiger charge is 2.23. The highest BCUT2D eigenvalue weighted by molar-refractivity contribution is 6.03. The topological polar surface area (TPSA) is 93.3 Å². The van der Waals surface area contributed by atoms with Crippen molar-refractivity contribution in [3.05, 3.63) is 41.2 Å². The number of aryl methyl sites for hydroxylation is 2. The van der Waals surface area contributed by atoms with Gasteiger partial charge in [0.05, 0.1) is 5.69 Å². The van der Waals surface area contributed by atoms with E-state index < -0.39 is 6.03 Å². The van der Waals surface area contributed by atoms with Crippen molar-refractivity contribution < 1.29 is 9.59 Å². The first-order valence-corrected chi connectivity index (χ1v) is 7.53. The minimum absolute atomic E-state index is 0.204. The van der Waals surface area contributed by atoms with Crippen LogP contribution < -0.4 is 16.0 Å². The second kappa shape index (κ2) is 5.75. The number of nitrogens with two attached hydrogens (primary N) is 1. The molecule has 0 atom stereocenters. The molecule has 1 aromatic carbocycles. The Bertz CT molecular complexity index is 781. The number of carbonyl (C=O) groups is 2. The number of benzene rings is 1. The SMILES string of the molecule is CCc1cc(C(=O)Nc2ccc3c(c2)CCN3C(N)=O)n(C)n1. The maximum absolute atomic E-state index is 12.4. The molecule has 7 nitrogen and oxygen atoms in total. The number of nitrogens with zero attached hydrogens (tertiary/aromatic N) is 3. The third kappa shape index (κ3) is 2.77. The fourth-order valence-electron chi connectivity index (χ4n) is 2.82. The molecular weight excluding hydrogens is 294 g/mol. The van der Waals surface area contributed by atoms with Gasteiger partial charge >= 0.3 is 6.03 Å². The van der Waals surface area contributed by atoms with Gasteiger partial charge in [-0.3, -0.25) is 14.4 Å². The molecule has 0 bridgehead atoms. The van der Waals surface area contributed by atoms with Gasteiger partial charge in [0.2, 0.25) is 0 Å². The average molecular weight is 313 g/mol. The summed E-state index contributed by atoms with van der Waals surface area (Å²) in [4.78, 5) is 25.3. The van der Waals surface area contributed by atoms with Crippen molar-refractivity contribution in [3.63, 3.8) is 0 Å². The van der Waals surface area contributed by atoms with E-state index in [0.29, 0.717) is 17.9 Å². The lowest BCUT2D eigenvalue weighted by Gasteiger charge is -2.14. The second-order valence-corrected chi connectivity index (χ2v) is 5.54. The summed E-state index contributed by atoms with van der Waals surface area (Å²) in [5.74, 6) is -0.204. The van der Waals surface area contributed by atoms with E-state index in [1.54, 1.807) is 23.9 Å². The molecule has 3 N–H and O–H groups in total. The molecule has 7 heteroatoms. The van der Waals surface area contributed by atoms with Gasteiger partial charge in [-0.25, -0.2) is 4.79 Å². The van der Waals surface area contributed by atoms with E-state index in [9.17, 15) is 9.59 Å². The summed E-state index contributed by atoms with van der Waals surface area (Å²) in [6.45, 7) is 2.57. The van der Waals surface area contributed by atoms with Gasteiger partial charge in [-0.15, -0.1) is 0 Å². The summed E-state index contributed by atoms with van der Waals surface area (Å²) in [7, 11) is 1.75. The Morgan fingerprint density at radius 2 is 2.13 bits per heavy atom. The third-order valence-corrected chi connectivity index (χ3v) is 4.02. The van der Waals surface area contributed by atoms with E-state index in [0.717, 1.165) is 29.8 Å². The highest BCUT2D eigenvalue weighted by atomic mass is 16.2. The van der Waals surface area contributed by atoms with Gasteiger partial charge in [0.15, 0.2) is 0 Å². The highest BCUT2D eigenvalue weighted by Crippen LogP contribution is 2.30. The van der Waals surface area contributed by atoms with Crippen LogP contribution in [0.3, 0.4) is 0 Å². The van der Waals surface area contributed by atoms with Gasteiger partial charge in [0.1, 0.15) is 5.69 Å².